The topological polar surface area (TPSA) is 79.3 Å². The summed E-state index contributed by atoms with van der Waals surface area (Å²) in [4.78, 5) is 26.9. The van der Waals surface area contributed by atoms with Crippen LogP contribution in [0.1, 0.15) is 37.0 Å². The summed E-state index contributed by atoms with van der Waals surface area (Å²) < 4.78 is 0. The van der Waals surface area contributed by atoms with E-state index >= 15 is 0 Å². The molecule has 0 aromatic carbocycles. The number of hydrogen-bond acceptors (Lipinski definition) is 3. The lowest BCUT2D eigenvalue weighted by Crippen LogP contribution is -2.53. The second kappa shape index (κ2) is 5.43. The van der Waals surface area contributed by atoms with Crippen molar-refractivity contribution >= 4 is 11.9 Å². The summed E-state index contributed by atoms with van der Waals surface area (Å²) in [6.07, 6.45) is 3.64. The number of hydrogen-bond donors (Lipinski definition) is 2. The van der Waals surface area contributed by atoms with Crippen LogP contribution in [0.15, 0.2) is 24.5 Å². The van der Waals surface area contributed by atoms with Gasteiger partial charge in [-0.1, -0.05) is 13.8 Å². The van der Waals surface area contributed by atoms with Gasteiger partial charge in [0.2, 0.25) is 0 Å². The molecule has 1 aromatic rings. The smallest absolute Gasteiger partial charge is 0.329 e. The average Bonchev–Trinajstić information content (AvgIpc) is 2.36. The van der Waals surface area contributed by atoms with E-state index < -0.39 is 17.4 Å². The van der Waals surface area contributed by atoms with E-state index in [9.17, 15) is 14.7 Å². The number of carboxylic acid groups (broad SMARTS) is 1. The number of pyridine rings is 1. The molecule has 0 bridgehead atoms. The van der Waals surface area contributed by atoms with E-state index in [1.165, 1.54) is 6.20 Å². The van der Waals surface area contributed by atoms with Gasteiger partial charge in [0.1, 0.15) is 5.54 Å². The summed E-state index contributed by atoms with van der Waals surface area (Å²) in [5.74, 6) is -1.43. The molecule has 0 saturated carbocycles. The van der Waals surface area contributed by atoms with Crippen molar-refractivity contribution in [2.45, 2.75) is 32.2 Å². The Hall–Kier alpha value is -1.91. The van der Waals surface area contributed by atoms with Crippen LogP contribution < -0.4 is 5.32 Å². The van der Waals surface area contributed by atoms with Gasteiger partial charge >= 0.3 is 5.97 Å². The fourth-order valence-corrected chi connectivity index (χ4v) is 1.57. The van der Waals surface area contributed by atoms with E-state index in [0.29, 0.717) is 18.4 Å². The first-order chi connectivity index (χ1) is 8.05. The molecule has 5 heteroatoms. The Labute approximate surface area is 99.9 Å². The van der Waals surface area contributed by atoms with E-state index in [-0.39, 0.29) is 0 Å². The van der Waals surface area contributed by atoms with Gasteiger partial charge in [-0.05, 0) is 25.0 Å². The normalized spacial score (nSPS) is 10.9. The number of nitrogens with one attached hydrogen (secondary N) is 1. The van der Waals surface area contributed by atoms with Crippen LogP contribution in [0.4, 0.5) is 0 Å². The molecule has 0 aliphatic heterocycles. The third kappa shape index (κ3) is 2.81. The highest BCUT2D eigenvalue weighted by Crippen LogP contribution is 2.16. The number of aromatic nitrogens is 1. The number of nitrogens with zero attached hydrogens (tertiary/aromatic N) is 1. The van der Waals surface area contributed by atoms with Crippen molar-refractivity contribution in [3.8, 4) is 0 Å². The molecular formula is C12H16N2O3. The monoisotopic (exact) mass is 236 g/mol. The zero-order valence-corrected chi connectivity index (χ0v) is 9.93. The van der Waals surface area contributed by atoms with Crippen molar-refractivity contribution in [3.63, 3.8) is 0 Å². The molecular weight excluding hydrogens is 220 g/mol. The van der Waals surface area contributed by atoms with Gasteiger partial charge in [0.15, 0.2) is 0 Å². The fraction of sp³-hybridized carbons (Fsp3) is 0.417. The molecule has 2 N–H and O–H groups in total. The lowest BCUT2D eigenvalue weighted by atomic mass is 9.92. The van der Waals surface area contributed by atoms with Gasteiger partial charge in [0.25, 0.3) is 5.91 Å². The average molecular weight is 236 g/mol. The third-order valence-corrected chi connectivity index (χ3v) is 2.89. The molecule has 0 radical (unpaired) electrons. The molecule has 1 amide bonds. The van der Waals surface area contributed by atoms with Gasteiger partial charge in [0, 0.05) is 12.4 Å². The Morgan fingerprint density at radius 1 is 1.41 bits per heavy atom. The molecule has 0 unspecified atom stereocenters. The second-order valence-electron chi connectivity index (χ2n) is 3.79. The Bertz CT molecular complexity index is 399. The van der Waals surface area contributed by atoms with Crippen LogP contribution in [0.2, 0.25) is 0 Å². The maximum atomic E-state index is 11.9. The van der Waals surface area contributed by atoms with Gasteiger partial charge in [-0.25, -0.2) is 4.79 Å². The van der Waals surface area contributed by atoms with Crippen LogP contribution in [-0.2, 0) is 4.79 Å². The summed E-state index contributed by atoms with van der Waals surface area (Å²) in [6.45, 7) is 3.47. The van der Waals surface area contributed by atoms with Crippen molar-refractivity contribution in [3.05, 3.63) is 30.1 Å². The molecule has 0 fully saturated rings. The minimum Gasteiger partial charge on any atom is -0.480 e. The van der Waals surface area contributed by atoms with Crippen LogP contribution in [-0.4, -0.2) is 27.5 Å². The predicted octanol–water partition coefficient (Wildman–Crippen LogP) is 1.45. The molecule has 0 spiro atoms. The maximum Gasteiger partial charge on any atom is 0.329 e. The van der Waals surface area contributed by atoms with E-state index in [2.05, 4.69) is 10.3 Å². The first-order valence-electron chi connectivity index (χ1n) is 5.51. The number of rotatable bonds is 5. The Kier molecular flexibility index (Phi) is 4.20. The van der Waals surface area contributed by atoms with Crippen molar-refractivity contribution < 1.29 is 14.7 Å². The third-order valence-electron chi connectivity index (χ3n) is 2.89. The molecule has 1 heterocycles. The van der Waals surface area contributed by atoms with Gasteiger partial charge in [-0.3, -0.25) is 9.78 Å². The molecule has 0 aliphatic rings. The SMILES string of the molecule is CCC(CC)(NC(=O)c1cccnc1)C(=O)O. The molecule has 0 atom stereocenters. The Morgan fingerprint density at radius 3 is 2.47 bits per heavy atom. The molecule has 1 rings (SSSR count). The predicted molar refractivity (Wildman–Crippen MR) is 62.7 cm³/mol. The van der Waals surface area contributed by atoms with Gasteiger partial charge in [0.05, 0.1) is 5.56 Å². The molecule has 0 aliphatic carbocycles. The molecule has 1 aromatic heterocycles. The lowest BCUT2D eigenvalue weighted by molar-refractivity contribution is -0.144. The number of carboxylic acids is 1. The van der Waals surface area contributed by atoms with E-state index in [4.69, 9.17) is 0 Å². The number of aliphatic carboxylic acids is 1. The maximum absolute atomic E-state index is 11.9. The quantitative estimate of drug-likeness (QED) is 0.811. The minimum atomic E-state index is -1.20. The summed E-state index contributed by atoms with van der Waals surface area (Å²) in [5, 5.41) is 11.8. The highest BCUT2D eigenvalue weighted by Gasteiger charge is 2.36. The van der Waals surface area contributed by atoms with Crippen molar-refractivity contribution in [2.24, 2.45) is 0 Å². The fourth-order valence-electron chi connectivity index (χ4n) is 1.57. The van der Waals surface area contributed by atoms with Crippen LogP contribution in [0.3, 0.4) is 0 Å². The van der Waals surface area contributed by atoms with Gasteiger partial charge in [-0.15, -0.1) is 0 Å². The molecule has 17 heavy (non-hydrogen) atoms. The highest BCUT2D eigenvalue weighted by atomic mass is 16.4. The second-order valence-corrected chi connectivity index (χ2v) is 3.79. The lowest BCUT2D eigenvalue weighted by Gasteiger charge is -2.27. The highest BCUT2D eigenvalue weighted by molar-refractivity contribution is 5.97. The standard InChI is InChI=1S/C12H16N2O3/c1-3-12(4-2,11(16)17)14-10(15)9-6-5-7-13-8-9/h5-8H,3-4H2,1-2H3,(H,14,15)(H,16,17). The van der Waals surface area contributed by atoms with E-state index in [1.54, 1.807) is 32.2 Å². The summed E-state index contributed by atoms with van der Waals surface area (Å²) in [5.41, 5.74) is -0.840. The van der Waals surface area contributed by atoms with Crippen LogP contribution in [0.5, 0.6) is 0 Å². The van der Waals surface area contributed by atoms with Crippen LogP contribution in [0.25, 0.3) is 0 Å². The first-order valence-corrected chi connectivity index (χ1v) is 5.51. The zero-order valence-electron chi connectivity index (χ0n) is 9.93. The summed E-state index contributed by atoms with van der Waals surface area (Å²) in [6, 6.07) is 3.23. The number of carbonyl (C=O) groups excluding carboxylic acids is 1. The van der Waals surface area contributed by atoms with E-state index in [1.807, 2.05) is 0 Å². The van der Waals surface area contributed by atoms with Crippen molar-refractivity contribution in [2.75, 3.05) is 0 Å². The Balaban J connectivity index is 2.89. The van der Waals surface area contributed by atoms with Gasteiger partial charge < -0.3 is 10.4 Å². The Morgan fingerprint density at radius 2 is 2.06 bits per heavy atom. The summed E-state index contributed by atoms with van der Waals surface area (Å²) >= 11 is 0. The largest absolute Gasteiger partial charge is 0.480 e. The van der Waals surface area contributed by atoms with Crippen LogP contribution in [0, 0.1) is 0 Å². The number of carbonyl (C=O) groups is 2. The number of amides is 1. The molecule has 92 valence electrons. The van der Waals surface area contributed by atoms with Crippen molar-refractivity contribution in [1.82, 2.24) is 10.3 Å². The summed E-state index contributed by atoms with van der Waals surface area (Å²) in [7, 11) is 0. The molecule has 0 saturated heterocycles. The van der Waals surface area contributed by atoms with Gasteiger partial charge in [-0.2, -0.15) is 0 Å². The molecule has 5 nitrogen and oxygen atoms in total. The van der Waals surface area contributed by atoms with E-state index in [0.717, 1.165) is 0 Å². The first kappa shape index (κ1) is 13.2. The zero-order chi connectivity index (χ0) is 12.9. The van der Waals surface area contributed by atoms with Crippen LogP contribution >= 0.6 is 0 Å². The van der Waals surface area contributed by atoms with Crippen molar-refractivity contribution in [1.29, 1.82) is 0 Å². The minimum absolute atomic E-state index is 0.338.